The smallest absolute Gasteiger partial charge is 0.407 e. The fraction of sp³-hybridized carbons (Fsp3) is 0.417. The van der Waals surface area contributed by atoms with E-state index in [1.54, 1.807) is 0 Å². The average Bonchev–Trinajstić information content (AvgIpc) is 2.63. The second kappa shape index (κ2) is 4.43. The van der Waals surface area contributed by atoms with Crippen LogP contribution < -0.4 is 10.1 Å². The molecular weight excluding hydrogens is 206 g/mol. The Hall–Kier alpha value is -1.71. The van der Waals surface area contributed by atoms with Crippen LogP contribution in [0.25, 0.3) is 0 Å². The van der Waals surface area contributed by atoms with Crippen molar-refractivity contribution in [3.05, 3.63) is 29.3 Å². The Kier molecular flexibility index (Phi) is 2.99. The van der Waals surface area contributed by atoms with Gasteiger partial charge >= 0.3 is 6.09 Å². The van der Waals surface area contributed by atoms with E-state index in [1.165, 1.54) is 0 Å². The molecule has 0 radical (unpaired) electrons. The highest BCUT2D eigenvalue weighted by molar-refractivity contribution is 5.69. The van der Waals surface area contributed by atoms with E-state index in [4.69, 9.17) is 9.47 Å². The number of nitrogens with one attached hydrogen (secondary N) is 1. The number of ether oxygens (including phenoxy) is 2. The van der Waals surface area contributed by atoms with Crippen molar-refractivity contribution in [1.29, 1.82) is 0 Å². The molecule has 0 aliphatic carbocycles. The minimum absolute atomic E-state index is 0.188. The number of carbonyl (C=O) groups is 1. The number of amides is 1. The van der Waals surface area contributed by atoms with E-state index in [9.17, 15) is 4.79 Å². The molecule has 1 unspecified atom stereocenters. The molecule has 86 valence electrons. The van der Waals surface area contributed by atoms with Crippen molar-refractivity contribution in [2.45, 2.75) is 20.0 Å². The molecule has 1 aliphatic heterocycles. The summed E-state index contributed by atoms with van der Waals surface area (Å²) in [5, 5.41) is 2.59. The molecule has 1 aromatic rings. The van der Waals surface area contributed by atoms with E-state index in [0.717, 1.165) is 16.9 Å². The highest BCUT2D eigenvalue weighted by Gasteiger charge is 2.23. The number of carbonyl (C=O) groups excluding carboxylic acids is 1. The first kappa shape index (κ1) is 10.8. The normalized spacial score (nSPS) is 19.1. The van der Waals surface area contributed by atoms with E-state index >= 15 is 0 Å². The Morgan fingerprint density at radius 2 is 2.12 bits per heavy atom. The molecule has 16 heavy (non-hydrogen) atoms. The molecule has 0 saturated carbocycles. The third kappa shape index (κ3) is 2.27. The van der Waals surface area contributed by atoms with Crippen LogP contribution in [0.1, 0.15) is 11.1 Å². The summed E-state index contributed by atoms with van der Waals surface area (Å²) in [5.41, 5.74) is 2.19. The summed E-state index contributed by atoms with van der Waals surface area (Å²) in [4.78, 5) is 10.8. The van der Waals surface area contributed by atoms with Gasteiger partial charge in [-0.05, 0) is 25.0 Å². The molecule has 0 aromatic heterocycles. The summed E-state index contributed by atoms with van der Waals surface area (Å²) in [6.07, 6.45) is -0.554. The van der Waals surface area contributed by atoms with Gasteiger partial charge in [-0.2, -0.15) is 0 Å². The highest BCUT2D eigenvalue weighted by atomic mass is 16.6. The minimum atomic E-state index is -0.366. The first-order valence-electron chi connectivity index (χ1n) is 5.30. The Morgan fingerprint density at radius 3 is 2.69 bits per heavy atom. The molecule has 2 rings (SSSR count). The Labute approximate surface area is 94.6 Å². The fourth-order valence-electron chi connectivity index (χ4n) is 1.73. The van der Waals surface area contributed by atoms with Crippen LogP contribution >= 0.6 is 0 Å². The number of benzene rings is 1. The predicted octanol–water partition coefficient (Wildman–Crippen LogP) is 1.79. The van der Waals surface area contributed by atoms with Gasteiger partial charge in [-0.25, -0.2) is 4.79 Å². The number of alkyl carbamates (subject to hydrolysis) is 1. The summed E-state index contributed by atoms with van der Waals surface area (Å²) in [7, 11) is 0. The highest BCUT2D eigenvalue weighted by Crippen LogP contribution is 2.22. The maximum atomic E-state index is 10.8. The lowest BCUT2D eigenvalue weighted by molar-refractivity contribution is 0.104. The van der Waals surface area contributed by atoms with E-state index in [1.807, 2.05) is 32.0 Å². The Bertz CT molecular complexity index is 383. The van der Waals surface area contributed by atoms with Gasteiger partial charge in [0.25, 0.3) is 0 Å². The Morgan fingerprint density at radius 1 is 1.44 bits per heavy atom. The predicted molar refractivity (Wildman–Crippen MR) is 59.7 cm³/mol. The molecule has 1 heterocycles. The molecule has 4 heteroatoms. The molecule has 1 N–H and O–H groups in total. The van der Waals surface area contributed by atoms with Crippen LogP contribution in [0.4, 0.5) is 4.79 Å². The molecule has 1 saturated heterocycles. The number of rotatable bonds is 3. The quantitative estimate of drug-likeness (QED) is 0.846. The Balaban J connectivity index is 1.97. The van der Waals surface area contributed by atoms with Crippen molar-refractivity contribution in [1.82, 2.24) is 5.32 Å². The van der Waals surface area contributed by atoms with Crippen molar-refractivity contribution in [2.24, 2.45) is 0 Å². The topological polar surface area (TPSA) is 47.6 Å². The van der Waals surface area contributed by atoms with Gasteiger partial charge < -0.3 is 14.8 Å². The first-order chi connectivity index (χ1) is 7.66. The average molecular weight is 221 g/mol. The van der Waals surface area contributed by atoms with Gasteiger partial charge in [0.15, 0.2) is 6.10 Å². The molecular formula is C12H15NO3. The van der Waals surface area contributed by atoms with Crippen molar-refractivity contribution in [3.63, 3.8) is 0 Å². The van der Waals surface area contributed by atoms with Crippen LogP contribution in [0.2, 0.25) is 0 Å². The number of hydrogen-bond donors (Lipinski definition) is 1. The van der Waals surface area contributed by atoms with E-state index in [-0.39, 0.29) is 12.2 Å². The molecule has 1 fully saturated rings. The van der Waals surface area contributed by atoms with Gasteiger partial charge in [-0.3, -0.25) is 0 Å². The first-order valence-corrected chi connectivity index (χ1v) is 5.30. The number of para-hydroxylation sites is 1. The molecule has 0 spiro atoms. The second-order valence-electron chi connectivity index (χ2n) is 3.94. The van der Waals surface area contributed by atoms with Crippen LogP contribution in [-0.2, 0) is 4.74 Å². The molecule has 0 bridgehead atoms. The van der Waals surface area contributed by atoms with Gasteiger partial charge in [0.1, 0.15) is 12.4 Å². The summed E-state index contributed by atoms with van der Waals surface area (Å²) in [6.45, 7) is 4.91. The van der Waals surface area contributed by atoms with Crippen molar-refractivity contribution < 1.29 is 14.3 Å². The zero-order valence-electron chi connectivity index (χ0n) is 9.45. The third-order valence-electron chi connectivity index (χ3n) is 2.57. The van der Waals surface area contributed by atoms with E-state index < -0.39 is 0 Å². The van der Waals surface area contributed by atoms with Gasteiger partial charge in [0, 0.05) is 0 Å². The van der Waals surface area contributed by atoms with Crippen molar-refractivity contribution in [2.75, 3.05) is 13.2 Å². The fourth-order valence-corrected chi connectivity index (χ4v) is 1.73. The summed E-state index contributed by atoms with van der Waals surface area (Å²) in [5.74, 6) is 0.880. The monoisotopic (exact) mass is 221 g/mol. The molecule has 1 aliphatic rings. The second-order valence-corrected chi connectivity index (χ2v) is 3.94. The maximum absolute atomic E-state index is 10.8. The lowest BCUT2D eigenvalue weighted by Crippen LogP contribution is -2.22. The van der Waals surface area contributed by atoms with Crippen molar-refractivity contribution >= 4 is 6.09 Å². The van der Waals surface area contributed by atoms with Crippen LogP contribution in [-0.4, -0.2) is 25.3 Å². The maximum Gasteiger partial charge on any atom is 0.407 e. The van der Waals surface area contributed by atoms with Crippen LogP contribution in [0, 0.1) is 13.8 Å². The molecule has 4 nitrogen and oxygen atoms in total. The molecule has 1 aromatic carbocycles. The van der Waals surface area contributed by atoms with E-state index in [2.05, 4.69) is 5.32 Å². The molecule has 1 atom stereocenters. The summed E-state index contributed by atoms with van der Waals surface area (Å²) >= 11 is 0. The number of aryl methyl sites for hydroxylation is 2. The van der Waals surface area contributed by atoms with Gasteiger partial charge in [0.05, 0.1) is 6.54 Å². The van der Waals surface area contributed by atoms with Gasteiger partial charge in [0.2, 0.25) is 0 Å². The van der Waals surface area contributed by atoms with Crippen molar-refractivity contribution in [3.8, 4) is 5.75 Å². The van der Waals surface area contributed by atoms with E-state index in [0.29, 0.717) is 13.2 Å². The van der Waals surface area contributed by atoms with Crippen LogP contribution in [0.3, 0.4) is 0 Å². The summed E-state index contributed by atoms with van der Waals surface area (Å²) in [6, 6.07) is 6.00. The van der Waals surface area contributed by atoms with Gasteiger partial charge in [-0.1, -0.05) is 18.2 Å². The molecule has 1 amide bonds. The van der Waals surface area contributed by atoms with Crippen LogP contribution in [0.5, 0.6) is 5.75 Å². The van der Waals surface area contributed by atoms with Gasteiger partial charge in [-0.15, -0.1) is 0 Å². The zero-order chi connectivity index (χ0) is 11.5. The number of hydrogen-bond acceptors (Lipinski definition) is 3. The lowest BCUT2D eigenvalue weighted by atomic mass is 10.1. The minimum Gasteiger partial charge on any atom is -0.489 e. The van der Waals surface area contributed by atoms with Crippen LogP contribution in [0.15, 0.2) is 18.2 Å². The summed E-state index contributed by atoms with van der Waals surface area (Å²) < 4.78 is 10.7. The lowest BCUT2D eigenvalue weighted by Gasteiger charge is -2.14. The largest absolute Gasteiger partial charge is 0.489 e. The third-order valence-corrected chi connectivity index (χ3v) is 2.57. The zero-order valence-corrected chi connectivity index (χ0v) is 9.45. The standard InChI is InChI=1S/C12H15NO3/c1-8-4-3-5-9(2)11(8)15-7-10-6-13-12(14)16-10/h3-5,10H,6-7H2,1-2H3,(H,13,14). The SMILES string of the molecule is Cc1cccc(C)c1OCC1CNC(=O)O1. The number of cyclic esters (lactones) is 1.